The lowest BCUT2D eigenvalue weighted by Crippen LogP contribution is -2.16. The van der Waals surface area contributed by atoms with Gasteiger partial charge in [0, 0.05) is 21.7 Å². The number of pyridine rings is 1. The van der Waals surface area contributed by atoms with Crippen LogP contribution in [0.25, 0.3) is 21.5 Å². The number of halogens is 1. The number of ether oxygens (including phenoxy) is 1. The fourth-order valence-electron chi connectivity index (χ4n) is 3.10. The van der Waals surface area contributed by atoms with Crippen LogP contribution in [0.2, 0.25) is 0 Å². The maximum Gasteiger partial charge on any atom is 0.354 e. The first kappa shape index (κ1) is 17.5. The number of benzene rings is 3. The Morgan fingerprint density at radius 2 is 1.74 bits per heavy atom. The highest BCUT2D eigenvalue weighted by Gasteiger charge is 2.12. The minimum absolute atomic E-state index is 0.151. The highest BCUT2D eigenvalue weighted by Crippen LogP contribution is 2.22. The summed E-state index contributed by atoms with van der Waals surface area (Å²) in [5.74, 6) is -0.537. The van der Waals surface area contributed by atoms with E-state index in [9.17, 15) is 9.59 Å². The smallest absolute Gasteiger partial charge is 0.354 e. The van der Waals surface area contributed by atoms with Gasteiger partial charge >= 0.3 is 5.97 Å². The van der Waals surface area contributed by atoms with Crippen molar-refractivity contribution in [1.29, 1.82) is 0 Å². The van der Waals surface area contributed by atoms with E-state index in [4.69, 9.17) is 4.74 Å². The molecule has 0 aliphatic carbocycles. The predicted octanol–water partition coefficient (Wildman–Crippen LogP) is 4.84. The topological polar surface area (TPSA) is 59.2 Å². The summed E-state index contributed by atoms with van der Waals surface area (Å²) in [5, 5.41) is 3.54. The molecule has 4 aromatic rings. The first-order chi connectivity index (χ1) is 13.1. The van der Waals surface area contributed by atoms with Crippen molar-refractivity contribution >= 4 is 43.4 Å². The number of fused-ring (bicyclic) bond motifs is 2. The number of H-pyrrole nitrogens is 1. The summed E-state index contributed by atoms with van der Waals surface area (Å²) in [6, 6.07) is 21.3. The summed E-state index contributed by atoms with van der Waals surface area (Å²) >= 11 is 3.41. The number of nitrogens with one attached hydrogen (secondary N) is 1. The van der Waals surface area contributed by atoms with Gasteiger partial charge in [0.1, 0.15) is 5.69 Å². The molecule has 0 saturated carbocycles. The predicted molar refractivity (Wildman–Crippen MR) is 110 cm³/mol. The van der Waals surface area contributed by atoms with Crippen LogP contribution in [0.5, 0.6) is 0 Å². The van der Waals surface area contributed by atoms with Crippen LogP contribution in [-0.2, 0) is 11.2 Å². The molecule has 0 saturated heterocycles. The number of hydrogen-bond acceptors (Lipinski definition) is 3. The summed E-state index contributed by atoms with van der Waals surface area (Å²) in [5.41, 5.74) is 0.935. The molecular weight excluding hydrogens is 406 g/mol. The third kappa shape index (κ3) is 3.64. The Kier molecular flexibility index (Phi) is 4.77. The van der Waals surface area contributed by atoms with E-state index in [1.54, 1.807) is 18.2 Å². The van der Waals surface area contributed by atoms with E-state index < -0.39 is 5.97 Å². The third-order valence-corrected chi connectivity index (χ3v) is 5.18. The van der Waals surface area contributed by atoms with Crippen molar-refractivity contribution in [3.05, 3.63) is 92.8 Å². The largest absolute Gasteiger partial charge is 0.461 e. The molecular formula is C22H16BrNO3. The van der Waals surface area contributed by atoms with E-state index in [1.165, 1.54) is 5.39 Å². The first-order valence-corrected chi connectivity index (χ1v) is 9.37. The molecule has 3 aromatic carbocycles. The Morgan fingerprint density at radius 3 is 2.59 bits per heavy atom. The van der Waals surface area contributed by atoms with Crippen molar-refractivity contribution in [3.8, 4) is 0 Å². The van der Waals surface area contributed by atoms with Crippen LogP contribution in [0, 0.1) is 0 Å². The zero-order valence-corrected chi connectivity index (χ0v) is 16.0. The number of hydrogen-bond donors (Lipinski definition) is 1. The zero-order chi connectivity index (χ0) is 18.8. The van der Waals surface area contributed by atoms with Crippen molar-refractivity contribution in [1.82, 2.24) is 4.98 Å². The molecule has 5 heteroatoms. The average molecular weight is 422 g/mol. The van der Waals surface area contributed by atoms with Crippen LogP contribution < -0.4 is 5.56 Å². The van der Waals surface area contributed by atoms with Crippen molar-refractivity contribution in [2.75, 3.05) is 6.61 Å². The maximum absolute atomic E-state index is 12.3. The van der Waals surface area contributed by atoms with Crippen LogP contribution in [0.15, 0.2) is 76.0 Å². The molecule has 4 nitrogen and oxygen atoms in total. The summed E-state index contributed by atoms with van der Waals surface area (Å²) in [7, 11) is 0. The zero-order valence-electron chi connectivity index (χ0n) is 14.4. The normalized spacial score (nSPS) is 11.0. The number of carbonyl (C=O) groups is 1. The van der Waals surface area contributed by atoms with E-state index in [2.05, 4.69) is 45.2 Å². The molecule has 0 radical (unpaired) electrons. The standard InChI is InChI=1S/C22H16BrNO3/c23-19-7-3-6-17-18(19)13-20(24-21(17)25)22(26)27-11-10-14-8-9-15-4-1-2-5-16(15)12-14/h1-9,12-13H,10-11H2,(H,24,25). The van der Waals surface area contributed by atoms with Crippen LogP contribution >= 0.6 is 15.9 Å². The van der Waals surface area contributed by atoms with Crippen LogP contribution in [-0.4, -0.2) is 17.6 Å². The van der Waals surface area contributed by atoms with Gasteiger partial charge in [-0.3, -0.25) is 4.79 Å². The van der Waals surface area contributed by atoms with Crippen LogP contribution in [0.4, 0.5) is 0 Å². The van der Waals surface area contributed by atoms with Crippen molar-refractivity contribution in [2.45, 2.75) is 6.42 Å². The molecule has 4 rings (SSSR count). The Hall–Kier alpha value is -2.92. The minimum atomic E-state index is -0.537. The molecule has 0 aliphatic rings. The van der Waals surface area contributed by atoms with Crippen molar-refractivity contribution in [2.24, 2.45) is 0 Å². The molecule has 0 amide bonds. The molecule has 1 heterocycles. The van der Waals surface area contributed by atoms with Crippen molar-refractivity contribution in [3.63, 3.8) is 0 Å². The second-order valence-electron chi connectivity index (χ2n) is 6.28. The fourth-order valence-corrected chi connectivity index (χ4v) is 3.58. The number of rotatable bonds is 4. The summed E-state index contributed by atoms with van der Waals surface area (Å²) < 4.78 is 6.12. The van der Waals surface area contributed by atoms with E-state index in [0.717, 1.165) is 15.4 Å². The molecule has 1 aromatic heterocycles. The Balaban J connectivity index is 1.48. The lowest BCUT2D eigenvalue weighted by molar-refractivity contribution is 0.0502. The lowest BCUT2D eigenvalue weighted by atomic mass is 10.1. The molecule has 134 valence electrons. The molecule has 1 N–H and O–H groups in total. The molecule has 0 bridgehead atoms. The molecule has 0 aliphatic heterocycles. The van der Waals surface area contributed by atoms with E-state index in [0.29, 0.717) is 17.2 Å². The summed E-state index contributed by atoms with van der Waals surface area (Å²) in [4.78, 5) is 27.1. The Labute approximate surface area is 163 Å². The van der Waals surface area contributed by atoms with Gasteiger partial charge in [0.25, 0.3) is 5.56 Å². The third-order valence-electron chi connectivity index (χ3n) is 4.49. The van der Waals surface area contributed by atoms with Crippen LogP contribution in [0.3, 0.4) is 0 Å². The Morgan fingerprint density at radius 1 is 0.926 bits per heavy atom. The second-order valence-corrected chi connectivity index (χ2v) is 7.13. The molecule has 0 spiro atoms. The van der Waals surface area contributed by atoms with Gasteiger partial charge in [-0.15, -0.1) is 0 Å². The van der Waals surface area contributed by atoms with Gasteiger partial charge in [0.15, 0.2) is 0 Å². The quantitative estimate of drug-likeness (QED) is 0.479. The van der Waals surface area contributed by atoms with Gasteiger partial charge in [-0.05, 0) is 34.5 Å². The molecule has 0 fully saturated rings. The number of aromatic amines is 1. The monoisotopic (exact) mass is 421 g/mol. The van der Waals surface area contributed by atoms with Gasteiger partial charge in [0.2, 0.25) is 0 Å². The lowest BCUT2D eigenvalue weighted by Gasteiger charge is -2.07. The van der Waals surface area contributed by atoms with Gasteiger partial charge < -0.3 is 9.72 Å². The number of esters is 1. The van der Waals surface area contributed by atoms with E-state index in [-0.39, 0.29) is 17.9 Å². The highest BCUT2D eigenvalue weighted by molar-refractivity contribution is 9.10. The average Bonchev–Trinajstić information content (AvgIpc) is 2.68. The first-order valence-electron chi connectivity index (χ1n) is 8.58. The highest BCUT2D eigenvalue weighted by atomic mass is 79.9. The molecule has 0 unspecified atom stereocenters. The van der Waals surface area contributed by atoms with Gasteiger partial charge in [-0.25, -0.2) is 4.79 Å². The minimum Gasteiger partial charge on any atom is -0.461 e. The summed E-state index contributed by atoms with van der Waals surface area (Å²) in [6.07, 6.45) is 0.609. The number of aromatic nitrogens is 1. The van der Waals surface area contributed by atoms with Gasteiger partial charge in [-0.2, -0.15) is 0 Å². The maximum atomic E-state index is 12.3. The van der Waals surface area contributed by atoms with Crippen molar-refractivity contribution < 1.29 is 9.53 Å². The SMILES string of the molecule is O=C(OCCc1ccc2ccccc2c1)c1cc2c(Br)cccc2c(=O)[nH]1. The fraction of sp³-hybridized carbons (Fsp3) is 0.0909. The molecule has 0 atom stereocenters. The number of carbonyl (C=O) groups excluding carboxylic acids is 1. The van der Waals surface area contributed by atoms with Crippen LogP contribution in [0.1, 0.15) is 16.1 Å². The second kappa shape index (κ2) is 7.37. The molecule has 27 heavy (non-hydrogen) atoms. The Bertz CT molecular complexity index is 1210. The van der Waals surface area contributed by atoms with Gasteiger partial charge in [-0.1, -0.05) is 64.5 Å². The van der Waals surface area contributed by atoms with E-state index >= 15 is 0 Å². The summed E-state index contributed by atoms with van der Waals surface area (Å²) in [6.45, 7) is 0.243. The van der Waals surface area contributed by atoms with Gasteiger partial charge in [0.05, 0.1) is 6.61 Å². The van der Waals surface area contributed by atoms with E-state index in [1.807, 2.05) is 24.3 Å².